The van der Waals surface area contributed by atoms with Crippen molar-refractivity contribution < 1.29 is 46.7 Å². The molecule has 1 saturated heterocycles. The number of imide groups is 2. The maximum Gasteiger partial charge on any atom is 0.333 e. The minimum atomic E-state index is -4.35. The number of methoxy groups -OCH3 is 1. The van der Waals surface area contributed by atoms with E-state index in [9.17, 15) is 42.0 Å². The molecule has 3 aliphatic rings. The van der Waals surface area contributed by atoms with Gasteiger partial charge in [-0.15, -0.1) is 0 Å². The van der Waals surface area contributed by atoms with Gasteiger partial charge < -0.3 is 9.64 Å². The van der Waals surface area contributed by atoms with Crippen molar-refractivity contribution in [2.45, 2.75) is 12.1 Å². The number of carbonyl (C=O) groups is 7. The molecule has 0 bridgehead atoms. The van der Waals surface area contributed by atoms with Gasteiger partial charge in [0, 0.05) is 0 Å². The first-order valence-electron chi connectivity index (χ1n) is 13.8. The van der Waals surface area contributed by atoms with E-state index in [2.05, 4.69) is 0 Å². The number of amides is 6. The highest BCUT2D eigenvalue weighted by molar-refractivity contribution is 7.92. The van der Waals surface area contributed by atoms with Crippen molar-refractivity contribution in [3.8, 4) is 0 Å². The van der Waals surface area contributed by atoms with Crippen LogP contribution in [0.1, 0.15) is 53.0 Å². The predicted molar refractivity (Wildman–Crippen MR) is 158 cm³/mol. The largest absolute Gasteiger partial charge is 0.467 e. The average molecular weight is 645 g/mol. The van der Waals surface area contributed by atoms with Crippen LogP contribution in [-0.4, -0.2) is 97.0 Å². The quantitative estimate of drug-likeness (QED) is 0.195. The molecule has 6 amide bonds. The van der Waals surface area contributed by atoms with Gasteiger partial charge in [0.1, 0.15) is 12.6 Å². The summed E-state index contributed by atoms with van der Waals surface area (Å²) in [6.07, 6.45) is 0.753. The summed E-state index contributed by atoms with van der Waals surface area (Å²) in [5.74, 6) is -5.57. The van der Waals surface area contributed by atoms with Crippen molar-refractivity contribution in [2.24, 2.45) is 0 Å². The van der Waals surface area contributed by atoms with Crippen LogP contribution in [0.5, 0.6) is 0 Å². The van der Waals surface area contributed by atoms with Crippen LogP contribution in [-0.2, 0) is 29.1 Å². The van der Waals surface area contributed by atoms with Crippen LogP contribution in [0.15, 0.2) is 72.8 Å². The maximum atomic E-state index is 13.4. The van der Waals surface area contributed by atoms with E-state index < -0.39 is 70.1 Å². The lowest BCUT2D eigenvalue weighted by Gasteiger charge is -2.45. The van der Waals surface area contributed by atoms with Crippen LogP contribution in [0, 0.1) is 0 Å². The van der Waals surface area contributed by atoms with Crippen molar-refractivity contribution in [1.82, 2.24) is 14.7 Å². The minimum Gasteiger partial charge on any atom is -0.467 e. The smallest absolute Gasteiger partial charge is 0.333 e. The zero-order chi connectivity index (χ0) is 33.1. The van der Waals surface area contributed by atoms with Crippen LogP contribution in [0.4, 0.5) is 5.69 Å². The number of carbonyl (C=O) groups excluding carboxylic acids is 7. The SMILES string of the molecule is COC(=O)C(c1cccc(N(C(=O)CN2C(=O)c3ccccc3C2=O)S(C)(=O)=O)c1)N1CC(N2C(=O)c3ccccc3C2=O)C1=O. The molecule has 0 N–H and O–H groups in total. The number of esters is 1. The van der Waals surface area contributed by atoms with Gasteiger partial charge in [-0.1, -0.05) is 36.4 Å². The van der Waals surface area contributed by atoms with Crippen molar-refractivity contribution >= 4 is 57.1 Å². The number of β-lactam (4-membered cyclic amide) rings is 1. The molecule has 3 aromatic carbocycles. The summed E-state index contributed by atoms with van der Waals surface area (Å²) >= 11 is 0. The summed E-state index contributed by atoms with van der Waals surface area (Å²) in [4.78, 5) is 93.9. The number of nitrogens with zero attached hydrogens (tertiary/aromatic N) is 4. The first-order valence-corrected chi connectivity index (χ1v) is 15.6. The Morgan fingerprint density at radius 1 is 0.826 bits per heavy atom. The molecule has 0 spiro atoms. The van der Waals surface area contributed by atoms with E-state index in [1.807, 2.05) is 0 Å². The van der Waals surface area contributed by atoms with Gasteiger partial charge in [-0.05, 0) is 42.0 Å². The van der Waals surface area contributed by atoms with Gasteiger partial charge in [-0.3, -0.25) is 38.6 Å². The molecule has 0 radical (unpaired) electrons. The van der Waals surface area contributed by atoms with Gasteiger partial charge in [-0.25, -0.2) is 17.5 Å². The van der Waals surface area contributed by atoms with Gasteiger partial charge in [0.05, 0.1) is 47.9 Å². The van der Waals surface area contributed by atoms with E-state index in [1.165, 1.54) is 48.5 Å². The Morgan fingerprint density at radius 3 is 1.83 bits per heavy atom. The number of sulfonamides is 1. The molecular formula is C31H24N4O10S. The fraction of sp³-hybridized carbons (Fsp3) is 0.194. The number of hydrogen-bond donors (Lipinski definition) is 0. The van der Waals surface area contributed by atoms with E-state index >= 15 is 0 Å². The van der Waals surface area contributed by atoms with Gasteiger partial charge in [-0.2, -0.15) is 0 Å². The molecule has 2 unspecified atom stereocenters. The van der Waals surface area contributed by atoms with Crippen LogP contribution in [0.3, 0.4) is 0 Å². The number of ether oxygens (including phenoxy) is 1. The highest BCUT2D eigenvalue weighted by Crippen LogP contribution is 2.36. The van der Waals surface area contributed by atoms with Crippen LogP contribution in [0.2, 0.25) is 0 Å². The number of fused-ring (bicyclic) bond motifs is 2. The lowest BCUT2D eigenvalue weighted by atomic mass is 9.97. The second kappa shape index (κ2) is 11.0. The van der Waals surface area contributed by atoms with E-state index in [1.54, 1.807) is 24.3 Å². The van der Waals surface area contributed by atoms with Gasteiger partial charge >= 0.3 is 5.97 Å². The molecule has 0 saturated carbocycles. The topological polar surface area (TPSA) is 176 Å². The second-order valence-electron chi connectivity index (χ2n) is 10.7. The lowest BCUT2D eigenvalue weighted by Crippen LogP contribution is -2.66. The standard InChI is InChI=1S/C31H24N4O10S/c1-45-31(42)25(32-15-23(30(32)41)34-28(39)21-12-5-6-13-22(21)29(34)40)17-8-7-9-18(14-17)35(46(2,43)44)24(36)16-33-26(37)19-10-3-4-11-20(19)27(33)38/h3-14,23,25H,15-16H2,1-2H3. The van der Waals surface area contributed by atoms with E-state index in [0.717, 1.165) is 23.2 Å². The Labute approximate surface area is 261 Å². The molecule has 3 aliphatic heterocycles. The Kier molecular flexibility index (Phi) is 7.27. The molecule has 2 atom stereocenters. The Hall–Kier alpha value is -5.70. The molecule has 6 rings (SSSR count). The van der Waals surface area contributed by atoms with E-state index in [0.29, 0.717) is 9.21 Å². The van der Waals surface area contributed by atoms with Gasteiger partial charge in [0.15, 0.2) is 6.04 Å². The first-order chi connectivity index (χ1) is 21.8. The van der Waals surface area contributed by atoms with Gasteiger partial charge in [0.2, 0.25) is 15.9 Å². The highest BCUT2D eigenvalue weighted by Gasteiger charge is 2.53. The summed E-state index contributed by atoms with van der Waals surface area (Å²) in [7, 11) is -3.27. The zero-order valence-electron chi connectivity index (χ0n) is 24.3. The second-order valence-corrected chi connectivity index (χ2v) is 12.5. The third kappa shape index (κ3) is 4.72. The number of rotatable bonds is 8. The van der Waals surface area contributed by atoms with Crippen LogP contribution in [0.25, 0.3) is 0 Å². The number of anilines is 1. The van der Waals surface area contributed by atoms with Crippen molar-refractivity contribution in [1.29, 1.82) is 0 Å². The summed E-state index contributed by atoms with van der Waals surface area (Å²) in [6.45, 7) is -1.11. The maximum absolute atomic E-state index is 13.4. The summed E-state index contributed by atoms with van der Waals surface area (Å²) in [5, 5.41) is 0. The fourth-order valence-corrected chi connectivity index (χ4v) is 6.75. The number of hydrogen-bond acceptors (Lipinski definition) is 10. The van der Waals surface area contributed by atoms with Crippen LogP contribution < -0.4 is 4.31 Å². The zero-order valence-corrected chi connectivity index (χ0v) is 25.1. The Bertz CT molecular complexity index is 1940. The Balaban J connectivity index is 1.27. The number of benzene rings is 3. The molecule has 3 aromatic rings. The van der Waals surface area contributed by atoms with Crippen molar-refractivity contribution in [3.05, 3.63) is 101 Å². The third-order valence-electron chi connectivity index (χ3n) is 7.96. The molecule has 0 aromatic heterocycles. The fourth-order valence-electron chi connectivity index (χ4n) is 5.83. The highest BCUT2D eigenvalue weighted by atomic mass is 32.2. The van der Waals surface area contributed by atoms with Gasteiger partial charge in [0.25, 0.3) is 29.5 Å². The molecule has 3 heterocycles. The predicted octanol–water partition coefficient (Wildman–Crippen LogP) is 0.996. The molecular weight excluding hydrogens is 620 g/mol. The summed E-state index contributed by atoms with van der Waals surface area (Å²) in [6, 6.07) is 14.6. The molecule has 46 heavy (non-hydrogen) atoms. The molecule has 1 fully saturated rings. The molecule has 234 valence electrons. The van der Waals surface area contributed by atoms with E-state index in [-0.39, 0.29) is 40.0 Å². The van der Waals surface area contributed by atoms with E-state index in [4.69, 9.17) is 4.74 Å². The minimum absolute atomic E-state index is 0.0562. The summed E-state index contributed by atoms with van der Waals surface area (Å²) < 4.78 is 31.1. The summed E-state index contributed by atoms with van der Waals surface area (Å²) in [5.41, 5.74) is 0.284. The lowest BCUT2D eigenvalue weighted by molar-refractivity contribution is -0.163. The van der Waals surface area contributed by atoms with Crippen molar-refractivity contribution in [3.63, 3.8) is 0 Å². The monoisotopic (exact) mass is 644 g/mol. The Morgan fingerprint density at radius 2 is 1.35 bits per heavy atom. The van der Waals surface area contributed by atoms with Crippen LogP contribution >= 0.6 is 0 Å². The normalized spacial score (nSPS) is 17.9. The van der Waals surface area contributed by atoms with Crippen molar-refractivity contribution in [2.75, 3.05) is 30.8 Å². The first kappa shape index (κ1) is 30.3. The average Bonchev–Trinajstić information content (AvgIpc) is 3.42. The number of likely N-dealkylation sites (tertiary alicyclic amines) is 1. The molecule has 15 heteroatoms. The third-order valence-corrected chi connectivity index (χ3v) is 9.04. The molecule has 14 nitrogen and oxygen atoms in total. The molecule has 0 aliphatic carbocycles.